The minimum atomic E-state index is -4.13. The van der Waals surface area contributed by atoms with Gasteiger partial charge >= 0.3 is 0 Å². The number of anilines is 1. The van der Waals surface area contributed by atoms with Crippen LogP contribution in [-0.4, -0.2) is 50.0 Å². The first-order valence-corrected chi connectivity index (χ1v) is 17.2. The lowest BCUT2D eigenvalue weighted by Crippen LogP contribution is -2.52. The zero-order valence-electron chi connectivity index (χ0n) is 23.8. The number of amides is 2. The van der Waals surface area contributed by atoms with Crippen LogP contribution in [0.2, 0.25) is 10.0 Å². The Morgan fingerprint density at radius 3 is 2.21 bits per heavy atom. The van der Waals surface area contributed by atoms with Gasteiger partial charge in [-0.15, -0.1) is 11.8 Å². The summed E-state index contributed by atoms with van der Waals surface area (Å²) >= 11 is 13.9. The van der Waals surface area contributed by atoms with Gasteiger partial charge in [0, 0.05) is 17.5 Å². The monoisotopic (exact) mass is 647 g/mol. The molecule has 1 N–H and O–H groups in total. The number of thioether (sulfide) groups is 1. The van der Waals surface area contributed by atoms with Crippen LogP contribution in [0, 0.1) is 6.92 Å². The Hall–Kier alpha value is -2.72. The molecule has 3 aromatic rings. The molecule has 1 aliphatic rings. The highest BCUT2D eigenvalue weighted by Crippen LogP contribution is 2.28. The van der Waals surface area contributed by atoms with Gasteiger partial charge in [0.2, 0.25) is 11.8 Å². The molecular weight excluding hydrogens is 613 g/mol. The van der Waals surface area contributed by atoms with E-state index in [-0.39, 0.29) is 23.4 Å². The molecule has 0 spiro atoms. The Labute approximate surface area is 262 Å². The van der Waals surface area contributed by atoms with Crippen molar-refractivity contribution in [1.29, 1.82) is 0 Å². The maximum atomic E-state index is 14.1. The summed E-state index contributed by atoms with van der Waals surface area (Å²) < 4.78 is 29.1. The molecule has 2 amide bonds. The second-order valence-electron chi connectivity index (χ2n) is 10.5. The molecule has 1 aliphatic carbocycles. The lowest BCUT2D eigenvalue weighted by Gasteiger charge is -2.32. The van der Waals surface area contributed by atoms with Crippen LogP contribution in [0.3, 0.4) is 0 Å². The Morgan fingerprint density at radius 2 is 1.62 bits per heavy atom. The van der Waals surface area contributed by atoms with Crippen molar-refractivity contribution in [2.75, 3.05) is 17.1 Å². The summed E-state index contributed by atoms with van der Waals surface area (Å²) in [6, 6.07) is 17.7. The summed E-state index contributed by atoms with van der Waals surface area (Å²) in [5.74, 6) is -0.812. The van der Waals surface area contributed by atoms with Crippen molar-refractivity contribution < 1.29 is 18.0 Å². The molecule has 3 aromatic carbocycles. The molecule has 7 nitrogen and oxygen atoms in total. The van der Waals surface area contributed by atoms with E-state index in [2.05, 4.69) is 5.32 Å². The average Bonchev–Trinajstić information content (AvgIpc) is 3.49. The van der Waals surface area contributed by atoms with Gasteiger partial charge in [-0.25, -0.2) is 8.42 Å². The molecule has 0 radical (unpaired) electrons. The lowest BCUT2D eigenvalue weighted by molar-refractivity contribution is -0.139. The number of halogens is 2. The third-order valence-corrected chi connectivity index (χ3v) is 10.7. The maximum absolute atomic E-state index is 14.1. The number of sulfonamides is 1. The molecule has 11 heteroatoms. The number of aryl methyl sites for hydroxylation is 1. The van der Waals surface area contributed by atoms with Crippen LogP contribution in [0.1, 0.15) is 43.7 Å². The Kier molecular flexibility index (Phi) is 10.9. The molecule has 0 unspecified atom stereocenters. The third-order valence-electron chi connectivity index (χ3n) is 7.45. The van der Waals surface area contributed by atoms with E-state index in [0.717, 1.165) is 40.4 Å². The molecule has 4 rings (SSSR count). The van der Waals surface area contributed by atoms with Gasteiger partial charge in [0.05, 0.1) is 20.6 Å². The number of hydrogen-bond donors (Lipinski definition) is 1. The summed E-state index contributed by atoms with van der Waals surface area (Å²) in [5, 5.41) is 3.76. The van der Waals surface area contributed by atoms with Crippen LogP contribution in [-0.2, 0) is 26.2 Å². The van der Waals surface area contributed by atoms with Crippen molar-refractivity contribution in [3.8, 4) is 0 Å². The van der Waals surface area contributed by atoms with E-state index in [4.69, 9.17) is 23.2 Å². The van der Waals surface area contributed by atoms with Gasteiger partial charge in [-0.05, 0) is 87.0 Å². The molecule has 1 fully saturated rings. The van der Waals surface area contributed by atoms with Crippen LogP contribution in [0.15, 0.2) is 76.5 Å². The van der Waals surface area contributed by atoms with Gasteiger partial charge < -0.3 is 10.2 Å². The Balaban J connectivity index is 1.69. The van der Waals surface area contributed by atoms with Gasteiger partial charge in [0.1, 0.15) is 12.6 Å². The second kappa shape index (κ2) is 14.2. The number of carbonyl (C=O) groups is 2. The van der Waals surface area contributed by atoms with Crippen molar-refractivity contribution in [2.24, 2.45) is 0 Å². The number of carbonyl (C=O) groups excluding carboxylic acids is 2. The van der Waals surface area contributed by atoms with Gasteiger partial charge in [-0.2, -0.15) is 0 Å². The highest BCUT2D eigenvalue weighted by Gasteiger charge is 2.33. The fourth-order valence-corrected chi connectivity index (χ4v) is 7.07. The summed E-state index contributed by atoms with van der Waals surface area (Å²) in [4.78, 5) is 29.8. The summed E-state index contributed by atoms with van der Waals surface area (Å²) in [5.41, 5.74) is 1.96. The van der Waals surface area contributed by atoms with Gasteiger partial charge in [0.25, 0.3) is 10.0 Å². The first kappa shape index (κ1) is 32.2. The highest BCUT2D eigenvalue weighted by molar-refractivity contribution is 7.98. The minimum Gasteiger partial charge on any atom is -0.352 e. The van der Waals surface area contributed by atoms with E-state index in [1.165, 1.54) is 28.8 Å². The standard InChI is InChI=1S/C31H35Cl2N3O4S2/c1-21-8-11-25(12-9-21)36(42(39,40)27-15-13-26(41-3)14-16-27)20-30(37)35(19-23-10-17-28(32)29(33)18-23)22(2)31(38)34-24-6-4-5-7-24/h8-18,22,24H,4-7,19-20H2,1-3H3,(H,34,38)/t22-/m1/s1. The van der Waals surface area contributed by atoms with E-state index in [1.807, 2.05) is 13.2 Å². The largest absolute Gasteiger partial charge is 0.352 e. The zero-order chi connectivity index (χ0) is 30.4. The third kappa shape index (κ3) is 7.81. The van der Waals surface area contributed by atoms with Crippen molar-refractivity contribution >= 4 is 62.5 Å². The predicted molar refractivity (Wildman–Crippen MR) is 171 cm³/mol. The molecule has 0 heterocycles. The Morgan fingerprint density at radius 1 is 0.976 bits per heavy atom. The van der Waals surface area contributed by atoms with Gasteiger partial charge in [0.15, 0.2) is 0 Å². The van der Waals surface area contributed by atoms with Crippen molar-refractivity contribution in [1.82, 2.24) is 10.2 Å². The predicted octanol–water partition coefficient (Wildman–Crippen LogP) is 6.70. The number of rotatable bonds is 11. The van der Waals surface area contributed by atoms with Gasteiger partial charge in [-0.1, -0.05) is 59.8 Å². The van der Waals surface area contributed by atoms with Gasteiger partial charge in [-0.3, -0.25) is 13.9 Å². The molecule has 42 heavy (non-hydrogen) atoms. The normalized spacial score (nSPS) is 14.4. The van der Waals surface area contributed by atoms with E-state index < -0.39 is 28.5 Å². The molecule has 0 saturated heterocycles. The summed E-state index contributed by atoms with van der Waals surface area (Å²) in [7, 11) is -4.13. The van der Waals surface area contributed by atoms with E-state index >= 15 is 0 Å². The Bertz CT molecular complexity index is 1510. The average molecular weight is 649 g/mol. The number of nitrogens with zero attached hydrogens (tertiary/aromatic N) is 2. The summed E-state index contributed by atoms with van der Waals surface area (Å²) in [6.45, 7) is 3.10. The molecule has 1 saturated carbocycles. The second-order valence-corrected chi connectivity index (χ2v) is 14.0. The highest BCUT2D eigenvalue weighted by atomic mass is 35.5. The quantitative estimate of drug-likeness (QED) is 0.234. The number of benzene rings is 3. The number of nitrogens with one attached hydrogen (secondary N) is 1. The van der Waals surface area contributed by atoms with E-state index in [9.17, 15) is 18.0 Å². The maximum Gasteiger partial charge on any atom is 0.264 e. The van der Waals surface area contributed by atoms with Crippen LogP contribution in [0.5, 0.6) is 0 Å². The lowest BCUT2D eigenvalue weighted by atomic mass is 10.1. The molecule has 0 aromatic heterocycles. The van der Waals surface area contributed by atoms with Crippen molar-refractivity contribution in [2.45, 2.75) is 68.0 Å². The topological polar surface area (TPSA) is 86.8 Å². The van der Waals surface area contributed by atoms with Crippen LogP contribution >= 0.6 is 35.0 Å². The van der Waals surface area contributed by atoms with Crippen LogP contribution < -0.4 is 9.62 Å². The fourth-order valence-electron chi connectivity index (χ4n) is 4.92. The minimum absolute atomic E-state index is 0.0409. The smallest absolute Gasteiger partial charge is 0.264 e. The molecule has 0 bridgehead atoms. The SMILES string of the molecule is CSc1ccc(S(=O)(=O)N(CC(=O)N(Cc2ccc(Cl)c(Cl)c2)[C@H](C)C(=O)NC2CCCC2)c2ccc(C)cc2)cc1. The van der Waals surface area contributed by atoms with E-state index in [0.29, 0.717) is 21.3 Å². The molecule has 224 valence electrons. The first-order valence-electron chi connectivity index (χ1n) is 13.8. The number of hydrogen-bond acceptors (Lipinski definition) is 5. The molecular formula is C31H35Cl2N3O4S2. The van der Waals surface area contributed by atoms with E-state index in [1.54, 1.807) is 61.5 Å². The van der Waals surface area contributed by atoms with Crippen molar-refractivity contribution in [3.05, 3.63) is 87.9 Å². The first-order chi connectivity index (χ1) is 20.0. The van der Waals surface area contributed by atoms with Crippen LogP contribution in [0.25, 0.3) is 0 Å². The molecule has 1 atom stereocenters. The van der Waals surface area contributed by atoms with Crippen LogP contribution in [0.4, 0.5) is 5.69 Å². The molecule has 0 aliphatic heterocycles. The fraction of sp³-hybridized carbons (Fsp3) is 0.355. The zero-order valence-corrected chi connectivity index (χ0v) is 27.0. The van der Waals surface area contributed by atoms with Crippen molar-refractivity contribution in [3.63, 3.8) is 0 Å². The summed E-state index contributed by atoms with van der Waals surface area (Å²) in [6.07, 6.45) is 5.80.